The van der Waals surface area contributed by atoms with Crippen molar-refractivity contribution >= 4 is 45.0 Å². The Morgan fingerprint density at radius 2 is 1.69 bits per heavy atom. The molecule has 5 atom stereocenters. The van der Waals surface area contributed by atoms with Crippen LogP contribution in [0.1, 0.15) is 99.7 Å². The zero-order valence-electron chi connectivity index (χ0n) is 42.0. The van der Waals surface area contributed by atoms with Gasteiger partial charge in [0, 0.05) is 66.0 Å². The third kappa shape index (κ3) is 8.67. The van der Waals surface area contributed by atoms with Gasteiger partial charge >= 0.3 is 6.01 Å². The second-order valence-electron chi connectivity index (χ2n) is 20.6. The molecule has 12 rings (SSSR count). The van der Waals surface area contributed by atoms with Crippen molar-refractivity contribution in [2.45, 2.75) is 114 Å². The van der Waals surface area contributed by atoms with Crippen LogP contribution in [0.25, 0.3) is 33.1 Å². The van der Waals surface area contributed by atoms with E-state index in [0.29, 0.717) is 49.4 Å². The number of hydrogen-bond acceptors (Lipinski definition) is 13. The standard InChI is InChI=1S/C56H59ClF3N9O5/c1-33-31-73-53-46-50(48(59)49(63-53)45-41-27-62-69(44-10-5-6-24-72-44)43(41)25-42(57)47(45)56(60)20-21-56)64-54(74-32-55-19-8-23-67(55)30-37(58)26-55)65-52(46)68(33)34(2)40-9-7-22-61-51(40)66(28-35-11-15-38(70-3)16-12-35)29-36-13-17-39(71-4)18-14-36/h7,9,11-18,22,25,27,33-34,37,44H,5-6,8,10,19-21,23-24,26,28-32H2,1-4H3/t33-,34+,37+,44?,55-/m0/s1. The van der Waals surface area contributed by atoms with Crippen LogP contribution >= 0.6 is 11.6 Å². The summed E-state index contributed by atoms with van der Waals surface area (Å²) >= 11 is 7.12. The van der Waals surface area contributed by atoms with E-state index in [1.807, 2.05) is 61.5 Å². The van der Waals surface area contributed by atoms with Gasteiger partial charge in [-0.1, -0.05) is 41.9 Å². The fourth-order valence-electron chi connectivity index (χ4n) is 11.9. The Bertz CT molecular complexity index is 3180. The number of alkyl halides is 2. The van der Waals surface area contributed by atoms with Crippen molar-refractivity contribution in [2.75, 3.05) is 56.9 Å². The van der Waals surface area contributed by atoms with Crippen LogP contribution in [0.15, 0.2) is 79.1 Å². The minimum Gasteiger partial charge on any atom is -0.497 e. The van der Waals surface area contributed by atoms with Crippen molar-refractivity contribution in [1.82, 2.24) is 34.6 Å². The summed E-state index contributed by atoms with van der Waals surface area (Å²) in [6.07, 6.45) is 7.05. The predicted octanol–water partition coefficient (Wildman–Crippen LogP) is 11.4. The van der Waals surface area contributed by atoms with Crippen LogP contribution in [0.4, 0.5) is 24.8 Å². The van der Waals surface area contributed by atoms with Gasteiger partial charge in [-0.05, 0) is 113 Å². The molecule has 1 aliphatic carbocycles. The van der Waals surface area contributed by atoms with Crippen LogP contribution in [0, 0.1) is 5.82 Å². The highest BCUT2D eigenvalue weighted by Crippen LogP contribution is 2.57. The molecule has 4 fully saturated rings. The van der Waals surface area contributed by atoms with E-state index in [9.17, 15) is 0 Å². The molecule has 1 unspecified atom stereocenters. The lowest BCUT2D eigenvalue weighted by Gasteiger charge is -2.37. The van der Waals surface area contributed by atoms with Gasteiger partial charge in [0.25, 0.3) is 0 Å². The summed E-state index contributed by atoms with van der Waals surface area (Å²) in [5.41, 5.74) is 1.21. The second kappa shape index (κ2) is 19.4. The van der Waals surface area contributed by atoms with Crippen LogP contribution in [0.5, 0.6) is 23.4 Å². The Labute approximate surface area is 432 Å². The zero-order chi connectivity index (χ0) is 50.9. The van der Waals surface area contributed by atoms with Gasteiger partial charge in [0.05, 0.1) is 43.6 Å². The van der Waals surface area contributed by atoms with E-state index in [1.54, 1.807) is 37.4 Å². The van der Waals surface area contributed by atoms with Crippen molar-refractivity contribution in [3.63, 3.8) is 0 Å². The third-order valence-electron chi connectivity index (χ3n) is 15.8. The van der Waals surface area contributed by atoms with Gasteiger partial charge in [0.15, 0.2) is 12.0 Å². The number of fused-ring (bicyclic) bond motifs is 2. The van der Waals surface area contributed by atoms with E-state index in [1.165, 1.54) is 0 Å². The molecule has 18 heteroatoms. The van der Waals surface area contributed by atoms with Crippen molar-refractivity contribution < 1.29 is 36.9 Å². The summed E-state index contributed by atoms with van der Waals surface area (Å²) in [6, 6.07) is 20.7. The molecular weight excluding hydrogens is 971 g/mol. The van der Waals surface area contributed by atoms with Crippen molar-refractivity contribution in [1.29, 1.82) is 0 Å². The number of halogens is 4. The average molecular weight is 1030 g/mol. The number of pyridine rings is 2. The maximum atomic E-state index is 18.4. The third-order valence-corrected chi connectivity index (χ3v) is 16.1. The van der Waals surface area contributed by atoms with Crippen LogP contribution in [-0.2, 0) is 23.5 Å². The molecule has 7 aromatic rings. The van der Waals surface area contributed by atoms with Crippen LogP contribution in [0.2, 0.25) is 5.02 Å². The molecule has 3 saturated heterocycles. The first kappa shape index (κ1) is 48.5. The van der Waals surface area contributed by atoms with E-state index < -0.39 is 35.3 Å². The van der Waals surface area contributed by atoms with Crippen LogP contribution in [-0.4, -0.2) is 99.5 Å². The molecular formula is C56H59ClF3N9O5. The first-order valence-electron chi connectivity index (χ1n) is 25.8. The summed E-state index contributed by atoms with van der Waals surface area (Å²) < 4.78 is 82.6. The maximum absolute atomic E-state index is 18.4. The maximum Gasteiger partial charge on any atom is 0.319 e. The fraction of sp³-hybridized carbons (Fsp3) is 0.446. The van der Waals surface area contributed by atoms with E-state index >= 15 is 13.2 Å². The Morgan fingerprint density at radius 3 is 2.38 bits per heavy atom. The summed E-state index contributed by atoms with van der Waals surface area (Å²) in [5, 5.41) is 5.59. The molecule has 8 heterocycles. The summed E-state index contributed by atoms with van der Waals surface area (Å²) in [4.78, 5) is 26.6. The number of methoxy groups -OCH3 is 2. The van der Waals surface area contributed by atoms with Crippen LogP contribution < -0.4 is 28.7 Å². The number of nitrogens with zero attached hydrogens (tertiary/aromatic N) is 9. The first-order chi connectivity index (χ1) is 35.9. The number of benzene rings is 3. The van der Waals surface area contributed by atoms with E-state index in [0.717, 1.165) is 72.7 Å². The SMILES string of the molecule is COc1ccc(CN(Cc2ccc(OC)cc2)c2ncccc2[C@@H](C)N2c3nc(OC[C@@]45CCCN4C[C@H](F)C5)nc4c(F)c(-c5c(C6(F)CC6)c(Cl)cc6c5cnn6C5CCCCO5)nc(c34)OC[C@@H]2C)cc1. The predicted molar refractivity (Wildman–Crippen MR) is 276 cm³/mol. The van der Waals surface area contributed by atoms with E-state index in [-0.39, 0.29) is 76.9 Å². The van der Waals surface area contributed by atoms with Gasteiger partial charge in [0.1, 0.15) is 64.8 Å². The van der Waals surface area contributed by atoms with Gasteiger partial charge in [-0.2, -0.15) is 15.1 Å². The normalized spacial score (nSPS) is 22.6. The largest absolute Gasteiger partial charge is 0.497 e. The lowest BCUT2D eigenvalue weighted by molar-refractivity contribution is -0.0366. The monoisotopic (exact) mass is 1030 g/mol. The van der Waals surface area contributed by atoms with Gasteiger partial charge < -0.3 is 33.5 Å². The number of ether oxygens (including phenoxy) is 5. The number of aromatic nitrogens is 6. The Kier molecular flexibility index (Phi) is 12.7. The number of hydrogen-bond donors (Lipinski definition) is 0. The van der Waals surface area contributed by atoms with Crippen molar-refractivity contribution in [3.05, 3.63) is 112 Å². The minimum absolute atomic E-state index is 0.0777. The summed E-state index contributed by atoms with van der Waals surface area (Å²) in [6.45, 7) is 6.98. The Balaban J connectivity index is 1.02. The van der Waals surface area contributed by atoms with Gasteiger partial charge in [0.2, 0.25) is 5.88 Å². The molecule has 5 aliphatic rings. The lowest BCUT2D eigenvalue weighted by atomic mass is 9.94. The molecule has 3 aromatic carbocycles. The number of rotatable bonds is 15. The molecule has 4 aliphatic heterocycles. The molecule has 0 radical (unpaired) electrons. The lowest BCUT2D eigenvalue weighted by Crippen LogP contribution is -2.43. The van der Waals surface area contributed by atoms with Crippen molar-refractivity contribution in [2.24, 2.45) is 0 Å². The smallest absolute Gasteiger partial charge is 0.319 e. The van der Waals surface area contributed by atoms with Gasteiger partial charge in [-0.25, -0.2) is 27.8 Å². The number of anilines is 2. The quantitative estimate of drug-likeness (QED) is 0.0968. The molecule has 4 aromatic heterocycles. The highest BCUT2D eigenvalue weighted by atomic mass is 35.5. The van der Waals surface area contributed by atoms with E-state index in [4.69, 9.17) is 60.3 Å². The summed E-state index contributed by atoms with van der Waals surface area (Å²) in [5.74, 6) is 1.82. The summed E-state index contributed by atoms with van der Waals surface area (Å²) in [7, 11) is 3.30. The zero-order valence-corrected chi connectivity index (χ0v) is 42.8. The minimum atomic E-state index is -1.81. The highest BCUT2D eigenvalue weighted by Gasteiger charge is 2.51. The van der Waals surface area contributed by atoms with Crippen molar-refractivity contribution in [3.8, 4) is 34.6 Å². The highest BCUT2D eigenvalue weighted by molar-refractivity contribution is 6.33. The molecule has 14 nitrogen and oxygen atoms in total. The topological polar surface area (TPSA) is 125 Å². The fourth-order valence-corrected chi connectivity index (χ4v) is 12.3. The molecule has 0 N–H and O–H groups in total. The molecule has 74 heavy (non-hydrogen) atoms. The van der Waals surface area contributed by atoms with Gasteiger partial charge in [-0.3, -0.25) is 4.90 Å². The average Bonchev–Trinajstić information content (AvgIpc) is 3.70. The Hall–Kier alpha value is -6.43. The first-order valence-corrected chi connectivity index (χ1v) is 26.1. The van der Waals surface area contributed by atoms with Crippen LogP contribution in [0.3, 0.4) is 0 Å². The molecule has 1 saturated carbocycles. The molecule has 0 bridgehead atoms. The second-order valence-corrected chi connectivity index (χ2v) is 21.0. The molecule has 0 spiro atoms. The van der Waals surface area contributed by atoms with Gasteiger partial charge in [-0.15, -0.1) is 0 Å². The molecule has 386 valence electrons. The molecule has 0 amide bonds. The van der Waals surface area contributed by atoms with E-state index in [2.05, 4.69) is 27.7 Å². The Morgan fingerprint density at radius 1 is 0.946 bits per heavy atom.